The number of para-hydroxylation sites is 1. The SMILES string of the molecule is Cc1cccc(/C=C(/C(=O)OCC(=O)Nc2ccccc2Cl)c2cccs2)c1. The number of aryl methyl sites for hydroxylation is 1. The van der Waals surface area contributed by atoms with E-state index in [0.717, 1.165) is 16.0 Å². The lowest BCUT2D eigenvalue weighted by molar-refractivity contribution is -0.141. The molecule has 0 aliphatic carbocycles. The first-order valence-electron chi connectivity index (χ1n) is 8.56. The van der Waals surface area contributed by atoms with Crippen molar-refractivity contribution in [2.45, 2.75) is 6.92 Å². The van der Waals surface area contributed by atoms with Gasteiger partial charge in [0.2, 0.25) is 0 Å². The fraction of sp³-hybridized carbons (Fsp3) is 0.0909. The molecule has 1 N–H and O–H groups in total. The van der Waals surface area contributed by atoms with Gasteiger partial charge in [0.15, 0.2) is 6.61 Å². The van der Waals surface area contributed by atoms with Gasteiger partial charge in [-0.3, -0.25) is 4.79 Å². The van der Waals surface area contributed by atoms with Gasteiger partial charge >= 0.3 is 5.97 Å². The second kappa shape index (κ2) is 9.35. The fourth-order valence-electron chi connectivity index (χ4n) is 2.55. The van der Waals surface area contributed by atoms with Crippen LogP contribution >= 0.6 is 22.9 Å². The highest BCUT2D eigenvalue weighted by atomic mass is 35.5. The van der Waals surface area contributed by atoms with Crippen LogP contribution in [0, 0.1) is 6.92 Å². The maximum atomic E-state index is 12.7. The Kier molecular flexibility index (Phi) is 6.63. The van der Waals surface area contributed by atoms with Crippen molar-refractivity contribution in [3.05, 3.63) is 87.1 Å². The second-order valence-corrected chi connectivity index (χ2v) is 7.41. The summed E-state index contributed by atoms with van der Waals surface area (Å²) < 4.78 is 5.25. The lowest BCUT2D eigenvalue weighted by atomic mass is 10.1. The predicted molar refractivity (Wildman–Crippen MR) is 114 cm³/mol. The van der Waals surface area contributed by atoms with Gasteiger partial charge in [-0.1, -0.05) is 59.6 Å². The summed E-state index contributed by atoms with van der Waals surface area (Å²) >= 11 is 7.46. The summed E-state index contributed by atoms with van der Waals surface area (Å²) in [5.74, 6) is -1.01. The molecule has 1 heterocycles. The van der Waals surface area contributed by atoms with E-state index in [4.69, 9.17) is 16.3 Å². The van der Waals surface area contributed by atoms with Crippen molar-refractivity contribution in [2.75, 3.05) is 11.9 Å². The number of ether oxygens (including phenoxy) is 1. The average molecular weight is 412 g/mol. The summed E-state index contributed by atoms with van der Waals surface area (Å²) in [5.41, 5.74) is 2.86. The third-order valence-corrected chi connectivity index (χ3v) is 5.07. The minimum atomic E-state index is -0.557. The van der Waals surface area contributed by atoms with Crippen LogP contribution in [-0.2, 0) is 14.3 Å². The number of halogens is 1. The second-order valence-electron chi connectivity index (χ2n) is 6.05. The van der Waals surface area contributed by atoms with Crippen molar-refractivity contribution in [1.82, 2.24) is 0 Å². The molecular weight excluding hydrogens is 394 g/mol. The van der Waals surface area contributed by atoms with E-state index in [9.17, 15) is 9.59 Å². The summed E-state index contributed by atoms with van der Waals surface area (Å²) in [6.07, 6.45) is 1.77. The lowest BCUT2D eigenvalue weighted by Crippen LogP contribution is -2.21. The molecule has 0 saturated carbocycles. The molecule has 4 nitrogen and oxygen atoms in total. The number of hydrogen-bond acceptors (Lipinski definition) is 4. The molecule has 3 rings (SSSR count). The molecule has 1 amide bonds. The van der Waals surface area contributed by atoms with E-state index >= 15 is 0 Å². The van der Waals surface area contributed by atoms with E-state index in [2.05, 4.69) is 5.32 Å². The summed E-state index contributed by atoms with van der Waals surface area (Å²) in [5, 5.41) is 4.93. The standard InChI is InChI=1S/C22H18ClNO3S/c1-15-6-4-7-16(12-15)13-17(20-10-5-11-28-20)22(26)27-14-21(25)24-19-9-3-2-8-18(19)23/h2-13H,14H2,1H3,(H,24,25)/b17-13+. The van der Waals surface area contributed by atoms with Crippen molar-refractivity contribution in [2.24, 2.45) is 0 Å². The van der Waals surface area contributed by atoms with E-state index in [0.29, 0.717) is 16.3 Å². The first-order chi connectivity index (χ1) is 13.5. The van der Waals surface area contributed by atoms with Crippen LogP contribution in [0.5, 0.6) is 0 Å². The molecule has 1 aromatic heterocycles. The molecule has 0 aliphatic heterocycles. The van der Waals surface area contributed by atoms with Crippen LogP contribution in [0.15, 0.2) is 66.0 Å². The molecule has 0 aliphatic rings. The van der Waals surface area contributed by atoms with E-state index in [1.807, 2.05) is 48.7 Å². The summed E-state index contributed by atoms with van der Waals surface area (Å²) in [4.78, 5) is 25.6. The molecule has 0 spiro atoms. The van der Waals surface area contributed by atoms with Crippen molar-refractivity contribution < 1.29 is 14.3 Å². The first-order valence-corrected chi connectivity index (χ1v) is 9.82. The van der Waals surface area contributed by atoms with Crippen molar-refractivity contribution >= 4 is 52.2 Å². The molecule has 28 heavy (non-hydrogen) atoms. The minimum Gasteiger partial charge on any atom is -0.452 e. The largest absolute Gasteiger partial charge is 0.452 e. The van der Waals surface area contributed by atoms with Crippen LogP contribution < -0.4 is 5.32 Å². The number of benzene rings is 2. The van der Waals surface area contributed by atoms with Crippen molar-refractivity contribution in [3.63, 3.8) is 0 Å². The summed E-state index contributed by atoms with van der Waals surface area (Å²) in [7, 11) is 0. The molecule has 0 saturated heterocycles. The smallest absolute Gasteiger partial charge is 0.340 e. The van der Waals surface area contributed by atoms with Crippen LogP contribution in [0.2, 0.25) is 5.02 Å². The van der Waals surface area contributed by atoms with Crippen LogP contribution in [-0.4, -0.2) is 18.5 Å². The number of carbonyl (C=O) groups is 2. The molecule has 3 aromatic rings. The molecule has 6 heteroatoms. The highest BCUT2D eigenvalue weighted by Gasteiger charge is 2.17. The maximum Gasteiger partial charge on any atom is 0.340 e. The maximum absolute atomic E-state index is 12.7. The van der Waals surface area contributed by atoms with E-state index < -0.39 is 18.5 Å². The summed E-state index contributed by atoms with van der Waals surface area (Å²) in [6, 6.07) is 18.4. The number of nitrogens with one attached hydrogen (secondary N) is 1. The van der Waals surface area contributed by atoms with Crippen molar-refractivity contribution in [1.29, 1.82) is 0 Å². The Balaban J connectivity index is 1.72. The zero-order valence-electron chi connectivity index (χ0n) is 15.1. The number of amides is 1. The molecule has 0 unspecified atom stereocenters. The predicted octanol–water partition coefficient (Wildman–Crippen LogP) is 5.43. The molecule has 0 radical (unpaired) electrons. The Bertz CT molecular complexity index is 1010. The van der Waals surface area contributed by atoms with Crippen LogP contribution in [0.3, 0.4) is 0 Å². The third kappa shape index (κ3) is 5.31. The van der Waals surface area contributed by atoms with Crippen molar-refractivity contribution in [3.8, 4) is 0 Å². The molecule has 142 valence electrons. The number of hydrogen-bond donors (Lipinski definition) is 1. The molecular formula is C22H18ClNO3S. The Hall–Kier alpha value is -2.89. The molecule has 0 bridgehead atoms. The fourth-order valence-corrected chi connectivity index (χ4v) is 3.46. The molecule has 0 atom stereocenters. The van der Waals surface area contributed by atoms with Gasteiger partial charge in [0.1, 0.15) is 0 Å². The van der Waals surface area contributed by atoms with Crippen LogP contribution in [0.1, 0.15) is 16.0 Å². The number of anilines is 1. The first kappa shape index (κ1) is 19.9. The van der Waals surface area contributed by atoms with Gasteiger partial charge in [-0.05, 0) is 42.1 Å². The van der Waals surface area contributed by atoms with Gasteiger partial charge in [0.25, 0.3) is 5.91 Å². The third-order valence-electron chi connectivity index (χ3n) is 3.84. The molecule has 2 aromatic carbocycles. The van der Waals surface area contributed by atoms with Crippen LogP contribution in [0.25, 0.3) is 11.6 Å². The van der Waals surface area contributed by atoms with E-state index in [1.165, 1.54) is 11.3 Å². The zero-order chi connectivity index (χ0) is 19.9. The van der Waals surface area contributed by atoms with Crippen LogP contribution in [0.4, 0.5) is 5.69 Å². The lowest BCUT2D eigenvalue weighted by Gasteiger charge is -2.09. The van der Waals surface area contributed by atoms with Gasteiger partial charge in [-0.2, -0.15) is 0 Å². The van der Waals surface area contributed by atoms with Gasteiger partial charge in [-0.25, -0.2) is 4.79 Å². The Labute approximate surface area is 172 Å². The average Bonchev–Trinajstić information content (AvgIpc) is 3.20. The minimum absolute atomic E-state index is 0.402. The quantitative estimate of drug-likeness (QED) is 0.434. The van der Waals surface area contributed by atoms with E-state index in [-0.39, 0.29) is 0 Å². The number of esters is 1. The van der Waals surface area contributed by atoms with Gasteiger partial charge in [-0.15, -0.1) is 11.3 Å². The van der Waals surface area contributed by atoms with Gasteiger partial charge in [0, 0.05) is 4.88 Å². The van der Waals surface area contributed by atoms with Gasteiger partial charge in [0.05, 0.1) is 16.3 Å². The Morgan fingerprint density at radius 1 is 1.11 bits per heavy atom. The highest BCUT2D eigenvalue weighted by molar-refractivity contribution is 7.11. The zero-order valence-corrected chi connectivity index (χ0v) is 16.7. The monoisotopic (exact) mass is 411 g/mol. The normalized spacial score (nSPS) is 11.1. The molecule has 0 fully saturated rings. The van der Waals surface area contributed by atoms with E-state index in [1.54, 1.807) is 30.3 Å². The Morgan fingerprint density at radius 2 is 1.93 bits per heavy atom. The van der Waals surface area contributed by atoms with Gasteiger partial charge < -0.3 is 10.1 Å². The highest BCUT2D eigenvalue weighted by Crippen LogP contribution is 2.25. The topological polar surface area (TPSA) is 55.4 Å². The number of thiophene rings is 1. The number of carbonyl (C=O) groups excluding carboxylic acids is 2. The summed E-state index contributed by atoms with van der Waals surface area (Å²) in [6.45, 7) is 1.58. The Morgan fingerprint density at radius 3 is 2.64 bits per heavy atom. The number of rotatable bonds is 6.